The molecule has 1 heterocycles. The van der Waals surface area contributed by atoms with Crippen molar-refractivity contribution in [3.63, 3.8) is 0 Å². The molecule has 1 N–H and O–H groups in total. The fraction of sp³-hybridized carbons (Fsp3) is 0.938. The number of amides is 1. The van der Waals surface area contributed by atoms with Gasteiger partial charge in [-0.3, -0.25) is 4.79 Å². The van der Waals surface area contributed by atoms with Gasteiger partial charge in [0.05, 0.1) is 13.2 Å². The van der Waals surface area contributed by atoms with Crippen LogP contribution in [0.15, 0.2) is 0 Å². The van der Waals surface area contributed by atoms with Crippen molar-refractivity contribution >= 4 is 5.91 Å². The third kappa shape index (κ3) is 3.53. The second-order valence-corrected chi connectivity index (χ2v) is 6.66. The van der Waals surface area contributed by atoms with Gasteiger partial charge in [0.2, 0.25) is 5.91 Å². The van der Waals surface area contributed by atoms with Gasteiger partial charge in [-0.2, -0.15) is 0 Å². The highest BCUT2D eigenvalue weighted by Crippen LogP contribution is 2.35. The molecule has 0 bridgehead atoms. The SMILES string of the molecule is O=C(CC1CCCCC1)NC1CCC2(CC1)OCCO2. The maximum atomic E-state index is 12.1. The van der Waals surface area contributed by atoms with Gasteiger partial charge in [-0.15, -0.1) is 0 Å². The monoisotopic (exact) mass is 281 g/mol. The second kappa shape index (κ2) is 6.44. The molecule has 1 spiro atoms. The van der Waals surface area contributed by atoms with E-state index < -0.39 is 0 Å². The molecular weight excluding hydrogens is 254 g/mol. The highest BCUT2D eigenvalue weighted by atomic mass is 16.7. The predicted molar refractivity (Wildman–Crippen MR) is 76.2 cm³/mol. The van der Waals surface area contributed by atoms with E-state index in [1.165, 1.54) is 32.1 Å². The van der Waals surface area contributed by atoms with Crippen LogP contribution in [0.2, 0.25) is 0 Å². The summed E-state index contributed by atoms with van der Waals surface area (Å²) in [4.78, 5) is 12.1. The molecule has 0 atom stereocenters. The zero-order valence-corrected chi connectivity index (χ0v) is 12.4. The average Bonchev–Trinajstić information content (AvgIpc) is 2.91. The van der Waals surface area contributed by atoms with Gasteiger partial charge in [-0.05, 0) is 31.6 Å². The Hall–Kier alpha value is -0.610. The molecule has 0 aromatic rings. The number of hydrogen-bond acceptors (Lipinski definition) is 3. The van der Waals surface area contributed by atoms with Gasteiger partial charge >= 0.3 is 0 Å². The summed E-state index contributed by atoms with van der Waals surface area (Å²) < 4.78 is 11.4. The summed E-state index contributed by atoms with van der Waals surface area (Å²) in [6.07, 6.45) is 11.0. The third-order valence-electron chi connectivity index (χ3n) is 5.12. The van der Waals surface area contributed by atoms with Gasteiger partial charge in [0.25, 0.3) is 0 Å². The van der Waals surface area contributed by atoms with Crippen LogP contribution in [0.4, 0.5) is 0 Å². The molecule has 0 radical (unpaired) electrons. The van der Waals surface area contributed by atoms with Crippen molar-refractivity contribution in [1.29, 1.82) is 0 Å². The van der Waals surface area contributed by atoms with Crippen molar-refractivity contribution in [2.24, 2.45) is 5.92 Å². The first-order chi connectivity index (χ1) is 9.76. The first-order valence-electron chi connectivity index (χ1n) is 8.33. The minimum absolute atomic E-state index is 0.256. The summed E-state index contributed by atoms with van der Waals surface area (Å²) in [7, 11) is 0. The minimum atomic E-state index is -0.315. The molecule has 4 heteroatoms. The highest BCUT2D eigenvalue weighted by Gasteiger charge is 2.40. The van der Waals surface area contributed by atoms with Crippen molar-refractivity contribution in [1.82, 2.24) is 5.32 Å². The lowest BCUT2D eigenvalue weighted by Crippen LogP contribution is -2.44. The van der Waals surface area contributed by atoms with Gasteiger partial charge in [0.15, 0.2) is 5.79 Å². The predicted octanol–water partition coefficient (Wildman–Crippen LogP) is 2.76. The van der Waals surface area contributed by atoms with Crippen LogP contribution in [0.3, 0.4) is 0 Å². The van der Waals surface area contributed by atoms with E-state index in [0.717, 1.165) is 45.3 Å². The van der Waals surface area contributed by atoms with Gasteiger partial charge in [-0.25, -0.2) is 0 Å². The number of rotatable bonds is 3. The molecule has 114 valence electrons. The summed E-state index contributed by atoms with van der Waals surface area (Å²) in [6.45, 7) is 1.44. The van der Waals surface area contributed by atoms with Crippen LogP contribution >= 0.6 is 0 Å². The Labute approximate surface area is 121 Å². The quantitative estimate of drug-likeness (QED) is 0.865. The van der Waals surface area contributed by atoms with Crippen LogP contribution < -0.4 is 5.32 Å². The lowest BCUT2D eigenvalue weighted by molar-refractivity contribution is -0.180. The summed E-state index contributed by atoms with van der Waals surface area (Å²) >= 11 is 0. The molecule has 4 nitrogen and oxygen atoms in total. The summed E-state index contributed by atoms with van der Waals surface area (Å²) in [6, 6.07) is 0.324. The molecule has 3 rings (SSSR count). The number of carbonyl (C=O) groups excluding carboxylic acids is 1. The number of carbonyl (C=O) groups is 1. The van der Waals surface area contributed by atoms with E-state index in [2.05, 4.69) is 5.32 Å². The van der Waals surface area contributed by atoms with Crippen molar-refractivity contribution < 1.29 is 14.3 Å². The van der Waals surface area contributed by atoms with E-state index >= 15 is 0 Å². The molecule has 0 unspecified atom stereocenters. The minimum Gasteiger partial charge on any atom is -0.353 e. The van der Waals surface area contributed by atoms with Crippen molar-refractivity contribution in [2.75, 3.05) is 13.2 Å². The van der Waals surface area contributed by atoms with E-state index in [0.29, 0.717) is 12.0 Å². The van der Waals surface area contributed by atoms with E-state index in [9.17, 15) is 4.79 Å². The summed E-state index contributed by atoms with van der Waals surface area (Å²) in [5.41, 5.74) is 0. The van der Waals surface area contributed by atoms with Crippen molar-refractivity contribution in [3.8, 4) is 0 Å². The van der Waals surface area contributed by atoms with Crippen LogP contribution in [-0.2, 0) is 14.3 Å². The van der Waals surface area contributed by atoms with Crippen molar-refractivity contribution in [3.05, 3.63) is 0 Å². The van der Waals surface area contributed by atoms with E-state index in [1.54, 1.807) is 0 Å². The first-order valence-corrected chi connectivity index (χ1v) is 8.33. The molecule has 1 saturated heterocycles. The Morgan fingerprint density at radius 1 is 1.00 bits per heavy atom. The fourth-order valence-electron chi connectivity index (χ4n) is 3.93. The van der Waals surface area contributed by atoms with Crippen LogP contribution in [0.5, 0.6) is 0 Å². The fourth-order valence-corrected chi connectivity index (χ4v) is 3.93. The largest absolute Gasteiger partial charge is 0.353 e. The topological polar surface area (TPSA) is 47.6 Å². The lowest BCUT2D eigenvalue weighted by atomic mass is 9.86. The standard InChI is InChI=1S/C16H27NO3/c18-15(12-13-4-2-1-3-5-13)17-14-6-8-16(9-7-14)19-10-11-20-16/h13-14H,1-12H2,(H,17,18). The van der Waals surface area contributed by atoms with Crippen LogP contribution in [0.1, 0.15) is 64.2 Å². The maximum Gasteiger partial charge on any atom is 0.220 e. The third-order valence-corrected chi connectivity index (χ3v) is 5.12. The lowest BCUT2D eigenvalue weighted by Gasteiger charge is -2.35. The first kappa shape index (κ1) is 14.3. The smallest absolute Gasteiger partial charge is 0.220 e. The zero-order valence-electron chi connectivity index (χ0n) is 12.4. The Morgan fingerprint density at radius 3 is 2.30 bits per heavy atom. The van der Waals surface area contributed by atoms with Crippen LogP contribution in [0.25, 0.3) is 0 Å². The van der Waals surface area contributed by atoms with E-state index in [4.69, 9.17) is 9.47 Å². The summed E-state index contributed by atoms with van der Waals surface area (Å²) in [5, 5.41) is 3.22. The number of ether oxygens (including phenoxy) is 2. The Kier molecular flexibility index (Phi) is 4.61. The molecular formula is C16H27NO3. The van der Waals surface area contributed by atoms with E-state index in [-0.39, 0.29) is 11.7 Å². The molecule has 0 aromatic carbocycles. The molecule has 2 aliphatic carbocycles. The Balaban J connectivity index is 1.39. The number of nitrogens with one attached hydrogen (secondary N) is 1. The molecule has 1 aliphatic heterocycles. The van der Waals surface area contributed by atoms with E-state index in [1.807, 2.05) is 0 Å². The molecule has 3 aliphatic rings. The molecule has 0 aromatic heterocycles. The van der Waals surface area contributed by atoms with Gasteiger partial charge in [0, 0.05) is 25.3 Å². The van der Waals surface area contributed by atoms with Gasteiger partial charge in [0.1, 0.15) is 0 Å². The second-order valence-electron chi connectivity index (χ2n) is 6.66. The number of hydrogen-bond donors (Lipinski definition) is 1. The molecule has 3 fully saturated rings. The maximum absolute atomic E-state index is 12.1. The summed E-state index contributed by atoms with van der Waals surface area (Å²) in [5.74, 6) is 0.566. The molecule has 20 heavy (non-hydrogen) atoms. The van der Waals surface area contributed by atoms with Crippen LogP contribution in [0, 0.1) is 5.92 Å². The normalized spacial score (nSPS) is 27.8. The zero-order chi connectivity index (χ0) is 13.8. The van der Waals surface area contributed by atoms with Crippen LogP contribution in [-0.4, -0.2) is 30.9 Å². The Bertz CT molecular complexity index is 323. The molecule has 1 amide bonds. The Morgan fingerprint density at radius 2 is 1.65 bits per heavy atom. The van der Waals surface area contributed by atoms with Crippen molar-refractivity contribution in [2.45, 2.75) is 76.0 Å². The van der Waals surface area contributed by atoms with Gasteiger partial charge in [-0.1, -0.05) is 19.3 Å². The highest BCUT2D eigenvalue weighted by molar-refractivity contribution is 5.76. The molecule has 2 saturated carbocycles. The van der Waals surface area contributed by atoms with Gasteiger partial charge < -0.3 is 14.8 Å². The average molecular weight is 281 g/mol.